The molecule has 0 saturated heterocycles. The van der Waals surface area contributed by atoms with Gasteiger partial charge in [-0.25, -0.2) is 9.97 Å². The smallest absolute Gasteiger partial charge is 0.115 e. The van der Waals surface area contributed by atoms with Crippen LogP contribution in [0.25, 0.3) is 0 Å². The average molecular weight is 221 g/mol. The predicted molar refractivity (Wildman–Crippen MR) is 61.9 cm³/mol. The summed E-state index contributed by atoms with van der Waals surface area (Å²) in [6, 6.07) is 2.41. The van der Waals surface area contributed by atoms with Crippen molar-refractivity contribution in [2.24, 2.45) is 0 Å². The lowest BCUT2D eigenvalue weighted by Crippen LogP contribution is -2.42. The van der Waals surface area contributed by atoms with E-state index in [1.807, 2.05) is 6.07 Å². The first-order valence-electron chi connectivity index (χ1n) is 5.91. The summed E-state index contributed by atoms with van der Waals surface area (Å²) < 4.78 is 5.50. The summed E-state index contributed by atoms with van der Waals surface area (Å²) in [7, 11) is 1.80. The van der Waals surface area contributed by atoms with Gasteiger partial charge in [-0.2, -0.15) is 0 Å². The molecule has 1 saturated carbocycles. The summed E-state index contributed by atoms with van der Waals surface area (Å²) >= 11 is 0. The number of nitrogens with zero attached hydrogens (tertiary/aromatic N) is 2. The van der Waals surface area contributed by atoms with Gasteiger partial charge in [0, 0.05) is 25.9 Å². The van der Waals surface area contributed by atoms with Gasteiger partial charge in [0.25, 0.3) is 0 Å². The fourth-order valence-corrected chi connectivity index (χ4v) is 2.27. The maximum absolute atomic E-state index is 5.50. The molecule has 1 aromatic heterocycles. The van der Waals surface area contributed by atoms with Gasteiger partial charge in [0.05, 0.1) is 11.8 Å². The van der Waals surface area contributed by atoms with E-state index >= 15 is 0 Å². The molecule has 1 fully saturated rings. The summed E-state index contributed by atoms with van der Waals surface area (Å²) in [6.45, 7) is 0.799. The zero-order valence-electron chi connectivity index (χ0n) is 9.72. The first-order chi connectivity index (χ1) is 7.90. The summed E-state index contributed by atoms with van der Waals surface area (Å²) in [5, 5.41) is 3.52. The fourth-order valence-electron chi connectivity index (χ4n) is 2.27. The third kappa shape index (κ3) is 3.00. The number of rotatable bonds is 4. The minimum Gasteiger partial charge on any atom is -0.380 e. The minimum atomic E-state index is 0.357. The summed E-state index contributed by atoms with van der Waals surface area (Å²) in [5.41, 5.74) is 1.04. The predicted octanol–water partition coefficient (Wildman–Crippen LogP) is 1.52. The number of ether oxygens (including phenoxy) is 1. The topological polar surface area (TPSA) is 47.0 Å². The highest BCUT2D eigenvalue weighted by Crippen LogP contribution is 2.20. The highest BCUT2D eigenvalue weighted by atomic mass is 16.5. The Morgan fingerprint density at radius 1 is 1.44 bits per heavy atom. The van der Waals surface area contributed by atoms with Crippen molar-refractivity contribution in [3.63, 3.8) is 0 Å². The zero-order valence-corrected chi connectivity index (χ0v) is 9.72. The molecule has 4 nitrogen and oxygen atoms in total. The van der Waals surface area contributed by atoms with Crippen LogP contribution in [-0.2, 0) is 11.3 Å². The third-order valence-corrected chi connectivity index (χ3v) is 3.19. The van der Waals surface area contributed by atoms with Crippen LogP contribution in [0, 0.1) is 0 Å². The normalized spacial score (nSPS) is 25.6. The average Bonchev–Trinajstić information content (AvgIpc) is 2.38. The standard InChI is InChI=1S/C12H19N3O/c1-16-12-5-3-2-4-11(12)14-8-10-6-7-13-9-15-10/h6-7,9,11-12,14H,2-5,8H2,1H3. The maximum Gasteiger partial charge on any atom is 0.115 e. The van der Waals surface area contributed by atoms with Crippen molar-refractivity contribution in [1.82, 2.24) is 15.3 Å². The quantitative estimate of drug-likeness (QED) is 0.837. The molecule has 4 heteroatoms. The van der Waals surface area contributed by atoms with Crippen molar-refractivity contribution in [2.75, 3.05) is 7.11 Å². The molecular weight excluding hydrogens is 202 g/mol. The molecule has 1 heterocycles. The lowest BCUT2D eigenvalue weighted by atomic mass is 9.92. The fraction of sp³-hybridized carbons (Fsp3) is 0.667. The van der Waals surface area contributed by atoms with Crippen molar-refractivity contribution < 1.29 is 4.74 Å². The van der Waals surface area contributed by atoms with Gasteiger partial charge < -0.3 is 10.1 Å². The molecule has 2 unspecified atom stereocenters. The van der Waals surface area contributed by atoms with Crippen LogP contribution in [0.3, 0.4) is 0 Å². The Balaban J connectivity index is 1.84. The molecule has 0 aromatic carbocycles. The second-order valence-corrected chi connectivity index (χ2v) is 4.25. The zero-order chi connectivity index (χ0) is 11.2. The van der Waals surface area contributed by atoms with Crippen LogP contribution in [0.15, 0.2) is 18.6 Å². The van der Waals surface area contributed by atoms with E-state index in [1.54, 1.807) is 19.6 Å². The number of hydrogen-bond donors (Lipinski definition) is 1. The number of nitrogens with one attached hydrogen (secondary N) is 1. The molecule has 16 heavy (non-hydrogen) atoms. The Morgan fingerprint density at radius 3 is 3.06 bits per heavy atom. The van der Waals surface area contributed by atoms with E-state index < -0.39 is 0 Å². The Bertz CT molecular complexity index is 304. The molecule has 0 spiro atoms. The molecule has 1 aromatic rings. The van der Waals surface area contributed by atoms with Crippen LogP contribution in [-0.4, -0.2) is 29.2 Å². The lowest BCUT2D eigenvalue weighted by molar-refractivity contribution is 0.0412. The number of methoxy groups -OCH3 is 1. The molecule has 0 aliphatic heterocycles. The van der Waals surface area contributed by atoms with Crippen molar-refractivity contribution in [3.05, 3.63) is 24.3 Å². The van der Waals surface area contributed by atoms with Gasteiger partial charge in [0.15, 0.2) is 0 Å². The second kappa shape index (κ2) is 5.92. The van der Waals surface area contributed by atoms with E-state index in [0.717, 1.165) is 18.7 Å². The molecule has 2 atom stereocenters. The van der Waals surface area contributed by atoms with Crippen LogP contribution < -0.4 is 5.32 Å². The van der Waals surface area contributed by atoms with Gasteiger partial charge in [-0.1, -0.05) is 12.8 Å². The first kappa shape index (κ1) is 11.5. The molecule has 1 N–H and O–H groups in total. The van der Waals surface area contributed by atoms with Gasteiger partial charge >= 0.3 is 0 Å². The van der Waals surface area contributed by atoms with Crippen molar-refractivity contribution >= 4 is 0 Å². The van der Waals surface area contributed by atoms with E-state index in [-0.39, 0.29) is 0 Å². The second-order valence-electron chi connectivity index (χ2n) is 4.25. The van der Waals surface area contributed by atoms with Gasteiger partial charge in [-0.05, 0) is 18.9 Å². The van der Waals surface area contributed by atoms with Crippen LogP contribution in [0.1, 0.15) is 31.4 Å². The summed E-state index contributed by atoms with van der Waals surface area (Å²) in [6.07, 6.45) is 8.66. The lowest BCUT2D eigenvalue weighted by Gasteiger charge is -2.31. The largest absolute Gasteiger partial charge is 0.380 e. The molecule has 0 radical (unpaired) electrons. The molecule has 0 amide bonds. The Hall–Kier alpha value is -1.00. The highest BCUT2D eigenvalue weighted by molar-refractivity contribution is 4.98. The summed E-state index contributed by atoms with van der Waals surface area (Å²) in [5.74, 6) is 0. The van der Waals surface area contributed by atoms with Gasteiger partial charge in [0.2, 0.25) is 0 Å². The maximum atomic E-state index is 5.50. The SMILES string of the molecule is COC1CCCCC1NCc1ccncn1. The van der Waals surface area contributed by atoms with E-state index in [9.17, 15) is 0 Å². The highest BCUT2D eigenvalue weighted by Gasteiger charge is 2.24. The number of hydrogen-bond acceptors (Lipinski definition) is 4. The van der Waals surface area contributed by atoms with Crippen molar-refractivity contribution in [1.29, 1.82) is 0 Å². The van der Waals surface area contributed by atoms with Gasteiger partial charge in [-0.15, -0.1) is 0 Å². The molecule has 2 rings (SSSR count). The van der Waals surface area contributed by atoms with Crippen LogP contribution in [0.5, 0.6) is 0 Å². The Labute approximate surface area is 96.4 Å². The van der Waals surface area contributed by atoms with Gasteiger partial charge in [-0.3, -0.25) is 0 Å². The molecule has 0 bridgehead atoms. The number of aromatic nitrogens is 2. The van der Waals surface area contributed by atoms with Crippen LogP contribution >= 0.6 is 0 Å². The van der Waals surface area contributed by atoms with Crippen molar-refractivity contribution in [3.8, 4) is 0 Å². The van der Waals surface area contributed by atoms with Gasteiger partial charge in [0.1, 0.15) is 6.33 Å². The Kier molecular flexibility index (Phi) is 4.25. The third-order valence-electron chi connectivity index (χ3n) is 3.19. The summed E-state index contributed by atoms with van der Waals surface area (Å²) in [4.78, 5) is 8.11. The first-order valence-corrected chi connectivity index (χ1v) is 5.91. The van der Waals surface area contributed by atoms with Crippen LogP contribution in [0.4, 0.5) is 0 Å². The monoisotopic (exact) mass is 221 g/mol. The molecule has 1 aliphatic rings. The molecule has 88 valence electrons. The Morgan fingerprint density at radius 2 is 2.31 bits per heavy atom. The van der Waals surface area contributed by atoms with Crippen LogP contribution in [0.2, 0.25) is 0 Å². The minimum absolute atomic E-state index is 0.357. The van der Waals surface area contributed by atoms with E-state index in [1.165, 1.54) is 19.3 Å². The van der Waals surface area contributed by atoms with Crippen molar-refractivity contribution in [2.45, 2.75) is 44.4 Å². The molecule has 1 aliphatic carbocycles. The van der Waals surface area contributed by atoms with E-state index in [2.05, 4.69) is 15.3 Å². The van der Waals surface area contributed by atoms with E-state index in [0.29, 0.717) is 12.1 Å². The van der Waals surface area contributed by atoms with E-state index in [4.69, 9.17) is 4.74 Å². The molecular formula is C12H19N3O.